The van der Waals surface area contributed by atoms with Gasteiger partial charge in [0.15, 0.2) is 0 Å². The molecule has 1 aromatic carbocycles. The highest BCUT2D eigenvalue weighted by molar-refractivity contribution is 6.32. The summed E-state index contributed by atoms with van der Waals surface area (Å²) in [6, 6.07) is 8.30. The van der Waals surface area contributed by atoms with Gasteiger partial charge in [-0.05, 0) is 25.0 Å². The van der Waals surface area contributed by atoms with Crippen LogP contribution in [0.5, 0.6) is 5.75 Å². The van der Waals surface area contributed by atoms with Gasteiger partial charge in [0.1, 0.15) is 12.4 Å². The van der Waals surface area contributed by atoms with E-state index in [1.165, 1.54) is 32.1 Å². The molecule has 0 aliphatic heterocycles. The first-order valence-corrected chi connectivity index (χ1v) is 6.85. The van der Waals surface area contributed by atoms with Gasteiger partial charge in [-0.25, -0.2) is 0 Å². The van der Waals surface area contributed by atoms with Crippen LogP contribution in [0.4, 0.5) is 0 Å². The molecule has 0 amide bonds. The lowest BCUT2D eigenvalue weighted by Gasteiger charge is -2.22. The first-order valence-electron chi connectivity index (χ1n) is 6.47. The summed E-state index contributed by atoms with van der Waals surface area (Å²) >= 11 is 6.01. The summed E-state index contributed by atoms with van der Waals surface area (Å²) in [6.45, 7) is 1.58. The minimum Gasteiger partial charge on any atom is -0.491 e. The number of halogens is 1. The molecular formula is C14H20ClNO. The first-order chi connectivity index (χ1) is 8.36. The molecule has 0 radical (unpaired) electrons. The molecule has 0 saturated heterocycles. The molecule has 3 heteroatoms. The van der Waals surface area contributed by atoms with Gasteiger partial charge < -0.3 is 10.1 Å². The summed E-state index contributed by atoms with van der Waals surface area (Å²) in [7, 11) is 0. The zero-order valence-electron chi connectivity index (χ0n) is 10.1. The second kappa shape index (κ2) is 6.87. The van der Waals surface area contributed by atoms with E-state index in [2.05, 4.69) is 5.32 Å². The molecule has 0 heterocycles. The molecule has 0 bridgehead atoms. The minimum atomic E-state index is 0.681. The monoisotopic (exact) mass is 253 g/mol. The van der Waals surface area contributed by atoms with E-state index in [0.29, 0.717) is 17.7 Å². The van der Waals surface area contributed by atoms with Crippen molar-refractivity contribution < 1.29 is 4.74 Å². The van der Waals surface area contributed by atoms with Gasteiger partial charge in [0.05, 0.1) is 5.02 Å². The third kappa shape index (κ3) is 4.21. The number of nitrogens with one attached hydrogen (secondary N) is 1. The smallest absolute Gasteiger partial charge is 0.137 e. The first kappa shape index (κ1) is 12.7. The van der Waals surface area contributed by atoms with E-state index in [4.69, 9.17) is 16.3 Å². The van der Waals surface area contributed by atoms with Gasteiger partial charge in [0, 0.05) is 12.6 Å². The molecule has 0 aromatic heterocycles. The highest BCUT2D eigenvalue weighted by Crippen LogP contribution is 2.22. The molecule has 1 N–H and O–H groups in total. The van der Waals surface area contributed by atoms with Crippen LogP contribution in [0.1, 0.15) is 32.1 Å². The maximum Gasteiger partial charge on any atom is 0.137 e. The Morgan fingerprint density at radius 3 is 2.71 bits per heavy atom. The van der Waals surface area contributed by atoms with Gasteiger partial charge in [-0.1, -0.05) is 43.0 Å². The van der Waals surface area contributed by atoms with Gasteiger partial charge in [0.25, 0.3) is 0 Å². The van der Waals surface area contributed by atoms with Crippen LogP contribution in [0.15, 0.2) is 24.3 Å². The maximum absolute atomic E-state index is 6.01. The van der Waals surface area contributed by atoms with E-state index >= 15 is 0 Å². The van der Waals surface area contributed by atoms with Gasteiger partial charge in [-0.2, -0.15) is 0 Å². The van der Waals surface area contributed by atoms with Crippen LogP contribution in [0, 0.1) is 0 Å². The Hall–Kier alpha value is -0.730. The summed E-state index contributed by atoms with van der Waals surface area (Å²) in [5, 5.41) is 4.23. The highest BCUT2D eigenvalue weighted by Gasteiger charge is 2.11. The van der Waals surface area contributed by atoms with Crippen molar-refractivity contribution in [2.45, 2.75) is 38.1 Å². The maximum atomic E-state index is 6.01. The van der Waals surface area contributed by atoms with Gasteiger partial charge in [0.2, 0.25) is 0 Å². The van der Waals surface area contributed by atoms with Crippen molar-refractivity contribution in [2.75, 3.05) is 13.2 Å². The fraction of sp³-hybridized carbons (Fsp3) is 0.571. The quantitative estimate of drug-likeness (QED) is 0.809. The van der Waals surface area contributed by atoms with Crippen LogP contribution in [0.2, 0.25) is 5.02 Å². The van der Waals surface area contributed by atoms with Crippen molar-refractivity contribution in [1.29, 1.82) is 0 Å². The van der Waals surface area contributed by atoms with Crippen LogP contribution in [0.3, 0.4) is 0 Å². The van der Waals surface area contributed by atoms with Gasteiger partial charge in [-0.3, -0.25) is 0 Å². The third-order valence-electron chi connectivity index (χ3n) is 3.23. The second-order valence-electron chi connectivity index (χ2n) is 4.57. The summed E-state index contributed by atoms with van der Waals surface area (Å²) in [5.74, 6) is 0.777. The Balaban J connectivity index is 1.64. The summed E-state index contributed by atoms with van der Waals surface area (Å²) in [4.78, 5) is 0. The van der Waals surface area contributed by atoms with E-state index in [-0.39, 0.29) is 0 Å². The third-order valence-corrected chi connectivity index (χ3v) is 3.55. The Labute approximate surface area is 108 Å². The van der Waals surface area contributed by atoms with Gasteiger partial charge >= 0.3 is 0 Å². The van der Waals surface area contributed by atoms with E-state index in [1.807, 2.05) is 24.3 Å². The molecule has 1 aromatic rings. The van der Waals surface area contributed by atoms with Crippen LogP contribution in [-0.4, -0.2) is 19.2 Å². The predicted molar refractivity (Wildman–Crippen MR) is 71.8 cm³/mol. The summed E-state index contributed by atoms with van der Waals surface area (Å²) in [5.41, 5.74) is 0. The lowest BCUT2D eigenvalue weighted by molar-refractivity contribution is 0.289. The average Bonchev–Trinajstić information content (AvgIpc) is 2.38. The predicted octanol–water partition coefficient (Wildman–Crippen LogP) is 3.64. The summed E-state index contributed by atoms with van der Waals surface area (Å²) < 4.78 is 5.63. The van der Waals surface area contributed by atoms with E-state index < -0.39 is 0 Å². The topological polar surface area (TPSA) is 21.3 Å². The Morgan fingerprint density at radius 1 is 1.18 bits per heavy atom. The number of benzene rings is 1. The minimum absolute atomic E-state index is 0.681. The highest BCUT2D eigenvalue weighted by atomic mass is 35.5. The molecule has 2 rings (SSSR count). The molecule has 94 valence electrons. The SMILES string of the molecule is Clc1ccccc1OCCNC1CCCCC1. The number of rotatable bonds is 5. The average molecular weight is 254 g/mol. The lowest BCUT2D eigenvalue weighted by atomic mass is 9.96. The Morgan fingerprint density at radius 2 is 1.94 bits per heavy atom. The molecular weight excluding hydrogens is 234 g/mol. The Bertz CT molecular complexity index is 337. The second-order valence-corrected chi connectivity index (χ2v) is 4.98. The van der Waals surface area contributed by atoms with Crippen molar-refractivity contribution in [2.24, 2.45) is 0 Å². The number of ether oxygens (including phenoxy) is 1. The molecule has 1 aliphatic rings. The molecule has 0 unspecified atom stereocenters. The Kier molecular flexibility index (Phi) is 5.14. The lowest BCUT2D eigenvalue weighted by Crippen LogP contribution is -2.34. The van der Waals surface area contributed by atoms with E-state index in [0.717, 1.165) is 12.3 Å². The molecule has 0 atom stereocenters. The zero-order valence-corrected chi connectivity index (χ0v) is 10.9. The van der Waals surface area contributed by atoms with Crippen LogP contribution >= 0.6 is 11.6 Å². The fourth-order valence-corrected chi connectivity index (χ4v) is 2.48. The van der Waals surface area contributed by atoms with Crippen molar-refractivity contribution in [3.63, 3.8) is 0 Å². The van der Waals surface area contributed by atoms with Crippen LogP contribution in [-0.2, 0) is 0 Å². The summed E-state index contributed by atoms with van der Waals surface area (Å²) in [6.07, 6.45) is 6.75. The van der Waals surface area contributed by atoms with Crippen LogP contribution in [0.25, 0.3) is 0 Å². The van der Waals surface area contributed by atoms with Crippen molar-refractivity contribution in [3.8, 4) is 5.75 Å². The fourth-order valence-electron chi connectivity index (χ4n) is 2.29. The molecule has 17 heavy (non-hydrogen) atoms. The number of hydrogen-bond donors (Lipinski definition) is 1. The molecule has 1 fully saturated rings. The standard InChI is InChI=1S/C14H20ClNO/c15-13-8-4-5-9-14(13)17-11-10-16-12-6-2-1-3-7-12/h4-5,8-9,12,16H,1-3,6-7,10-11H2. The van der Waals surface area contributed by atoms with Crippen molar-refractivity contribution >= 4 is 11.6 Å². The van der Waals surface area contributed by atoms with Gasteiger partial charge in [-0.15, -0.1) is 0 Å². The van der Waals surface area contributed by atoms with E-state index in [1.54, 1.807) is 0 Å². The zero-order chi connectivity index (χ0) is 11.9. The molecule has 1 aliphatic carbocycles. The number of para-hydroxylation sites is 1. The molecule has 1 saturated carbocycles. The van der Waals surface area contributed by atoms with Crippen LogP contribution < -0.4 is 10.1 Å². The van der Waals surface area contributed by atoms with Crippen molar-refractivity contribution in [3.05, 3.63) is 29.3 Å². The molecule has 0 spiro atoms. The van der Waals surface area contributed by atoms with Crippen molar-refractivity contribution in [1.82, 2.24) is 5.32 Å². The largest absolute Gasteiger partial charge is 0.491 e. The molecule has 2 nitrogen and oxygen atoms in total. The number of hydrogen-bond acceptors (Lipinski definition) is 2. The van der Waals surface area contributed by atoms with E-state index in [9.17, 15) is 0 Å². The normalized spacial score (nSPS) is 17.0.